The number of rotatable bonds is 6. The van der Waals surface area contributed by atoms with E-state index in [0.717, 1.165) is 18.2 Å². The Morgan fingerprint density at radius 2 is 1.52 bits per heavy atom. The first-order valence-electron chi connectivity index (χ1n) is 7.29. The van der Waals surface area contributed by atoms with Crippen LogP contribution in [0, 0.1) is 11.6 Å². The van der Waals surface area contributed by atoms with E-state index in [1.54, 1.807) is 0 Å². The number of methoxy groups -OCH3 is 2. The van der Waals surface area contributed by atoms with Crippen LogP contribution < -0.4 is 9.47 Å². The highest BCUT2D eigenvalue weighted by atomic mass is 19.2. The summed E-state index contributed by atoms with van der Waals surface area (Å²) in [6.45, 7) is 1.35. The molecule has 7 heteroatoms. The molecule has 0 aliphatic carbocycles. The predicted molar refractivity (Wildman–Crippen MR) is 85.1 cm³/mol. The number of carbonyl (C=O) groups excluding carboxylic acids is 2. The molecule has 0 N–H and O–H groups in total. The lowest BCUT2D eigenvalue weighted by Gasteiger charge is -2.14. The largest absolute Gasteiger partial charge is 0.493 e. The second-order valence-corrected chi connectivity index (χ2v) is 5.11. The zero-order valence-corrected chi connectivity index (χ0v) is 13.8. The highest BCUT2D eigenvalue weighted by Crippen LogP contribution is 2.28. The van der Waals surface area contributed by atoms with Crippen molar-refractivity contribution in [3.05, 3.63) is 59.2 Å². The summed E-state index contributed by atoms with van der Waals surface area (Å²) in [7, 11) is 2.88. The van der Waals surface area contributed by atoms with Crippen molar-refractivity contribution in [2.45, 2.75) is 13.0 Å². The van der Waals surface area contributed by atoms with E-state index >= 15 is 0 Å². The third kappa shape index (κ3) is 4.12. The van der Waals surface area contributed by atoms with Gasteiger partial charge in [0.25, 0.3) is 0 Å². The molecule has 132 valence electrons. The van der Waals surface area contributed by atoms with E-state index < -0.39 is 29.5 Å². The Labute approximate surface area is 143 Å². The summed E-state index contributed by atoms with van der Waals surface area (Å²) in [6.07, 6.45) is -1.18. The van der Waals surface area contributed by atoms with Crippen LogP contribution in [0.4, 0.5) is 8.78 Å². The van der Waals surface area contributed by atoms with Crippen LogP contribution in [0.1, 0.15) is 27.6 Å². The Bertz CT molecular complexity index is 804. The van der Waals surface area contributed by atoms with E-state index in [4.69, 9.17) is 14.2 Å². The zero-order chi connectivity index (χ0) is 18.6. The third-order valence-corrected chi connectivity index (χ3v) is 3.48. The van der Waals surface area contributed by atoms with Crippen molar-refractivity contribution >= 4 is 11.8 Å². The van der Waals surface area contributed by atoms with Crippen LogP contribution in [0.5, 0.6) is 11.5 Å². The molecule has 2 aromatic rings. The minimum Gasteiger partial charge on any atom is -0.493 e. The fourth-order valence-electron chi connectivity index (χ4n) is 2.13. The quantitative estimate of drug-likeness (QED) is 0.590. The molecule has 0 amide bonds. The summed E-state index contributed by atoms with van der Waals surface area (Å²) in [5, 5.41) is 0. The monoisotopic (exact) mass is 350 g/mol. The summed E-state index contributed by atoms with van der Waals surface area (Å²) in [5.74, 6) is -2.85. The van der Waals surface area contributed by atoms with Gasteiger partial charge in [0.15, 0.2) is 29.2 Å². The van der Waals surface area contributed by atoms with Crippen LogP contribution in [0.2, 0.25) is 0 Å². The van der Waals surface area contributed by atoms with Gasteiger partial charge in [0.05, 0.1) is 19.8 Å². The van der Waals surface area contributed by atoms with Gasteiger partial charge in [-0.2, -0.15) is 0 Å². The minimum absolute atomic E-state index is 0.0912. The molecular formula is C18H16F2O5. The Morgan fingerprint density at radius 1 is 0.880 bits per heavy atom. The van der Waals surface area contributed by atoms with Gasteiger partial charge in [-0.3, -0.25) is 4.79 Å². The van der Waals surface area contributed by atoms with E-state index in [0.29, 0.717) is 11.5 Å². The smallest absolute Gasteiger partial charge is 0.338 e. The average molecular weight is 350 g/mol. The SMILES string of the molecule is COc1ccc(C(=O)OC(C)C(=O)c2ccc(F)c(F)c2)cc1OC. The van der Waals surface area contributed by atoms with E-state index in [9.17, 15) is 18.4 Å². The number of ether oxygens (including phenoxy) is 3. The van der Waals surface area contributed by atoms with Crippen molar-refractivity contribution < 1.29 is 32.6 Å². The summed E-state index contributed by atoms with van der Waals surface area (Å²) in [4.78, 5) is 24.4. The van der Waals surface area contributed by atoms with Crippen LogP contribution in [0.25, 0.3) is 0 Å². The minimum atomic E-state index is -1.18. The van der Waals surface area contributed by atoms with Crippen LogP contribution in [-0.4, -0.2) is 32.1 Å². The molecule has 0 aromatic heterocycles. The van der Waals surface area contributed by atoms with Gasteiger partial charge in [0, 0.05) is 5.56 Å². The molecule has 0 spiro atoms. The van der Waals surface area contributed by atoms with Crippen LogP contribution in [-0.2, 0) is 4.74 Å². The average Bonchev–Trinajstić information content (AvgIpc) is 2.62. The second-order valence-electron chi connectivity index (χ2n) is 5.11. The van der Waals surface area contributed by atoms with Crippen LogP contribution in [0.15, 0.2) is 36.4 Å². The number of carbonyl (C=O) groups is 2. The van der Waals surface area contributed by atoms with Crippen molar-refractivity contribution in [3.8, 4) is 11.5 Å². The zero-order valence-electron chi connectivity index (χ0n) is 13.8. The van der Waals surface area contributed by atoms with Gasteiger partial charge >= 0.3 is 5.97 Å². The molecule has 25 heavy (non-hydrogen) atoms. The Kier molecular flexibility index (Phi) is 5.69. The Hall–Kier alpha value is -2.96. The standard InChI is InChI=1S/C18H16F2O5/c1-10(17(21)11-4-6-13(19)14(20)8-11)25-18(22)12-5-7-15(23-2)16(9-12)24-3/h4-10H,1-3H3. The first-order valence-corrected chi connectivity index (χ1v) is 7.29. The van der Waals surface area contributed by atoms with Gasteiger partial charge in [-0.25, -0.2) is 13.6 Å². The molecule has 0 aliphatic rings. The summed E-state index contributed by atoms with van der Waals surface area (Å²) >= 11 is 0. The van der Waals surface area contributed by atoms with E-state index in [2.05, 4.69) is 0 Å². The first-order chi connectivity index (χ1) is 11.9. The summed E-state index contributed by atoms with van der Waals surface area (Å²) in [6, 6.07) is 7.12. The fourth-order valence-corrected chi connectivity index (χ4v) is 2.13. The van der Waals surface area contributed by atoms with Crippen LogP contribution >= 0.6 is 0 Å². The van der Waals surface area contributed by atoms with Gasteiger partial charge in [0.1, 0.15) is 0 Å². The lowest BCUT2D eigenvalue weighted by molar-refractivity contribution is 0.0318. The Balaban J connectivity index is 2.13. The normalized spacial score (nSPS) is 11.6. The lowest BCUT2D eigenvalue weighted by Crippen LogP contribution is -2.24. The van der Waals surface area contributed by atoms with Crippen LogP contribution in [0.3, 0.4) is 0 Å². The van der Waals surface area contributed by atoms with Gasteiger partial charge in [-0.05, 0) is 43.3 Å². The molecule has 0 aliphatic heterocycles. The molecular weight excluding hydrogens is 334 g/mol. The van der Waals surface area contributed by atoms with Gasteiger partial charge in [-0.1, -0.05) is 0 Å². The molecule has 1 unspecified atom stereocenters. The molecule has 0 saturated carbocycles. The van der Waals surface area contributed by atoms with Gasteiger partial charge in [0.2, 0.25) is 5.78 Å². The van der Waals surface area contributed by atoms with Crippen molar-refractivity contribution in [2.24, 2.45) is 0 Å². The second kappa shape index (κ2) is 7.74. The summed E-state index contributed by atoms with van der Waals surface area (Å²) < 4.78 is 41.4. The molecule has 0 heterocycles. The molecule has 0 fully saturated rings. The maximum absolute atomic E-state index is 13.2. The van der Waals surface area contributed by atoms with Crippen molar-refractivity contribution in [1.82, 2.24) is 0 Å². The fraction of sp³-hybridized carbons (Fsp3) is 0.222. The number of hydrogen-bond acceptors (Lipinski definition) is 5. The maximum atomic E-state index is 13.2. The molecule has 0 bridgehead atoms. The number of benzene rings is 2. The van der Waals surface area contributed by atoms with Gasteiger partial charge < -0.3 is 14.2 Å². The number of hydrogen-bond donors (Lipinski definition) is 0. The lowest BCUT2D eigenvalue weighted by atomic mass is 10.1. The molecule has 5 nitrogen and oxygen atoms in total. The number of esters is 1. The number of ketones is 1. The summed E-state index contributed by atoms with van der Waals surface area (Å²) in [5.41, 5.74) is 0.0640. The van der Waals surface area contributed by atoms with E-state index in [1.165, 1.54) is 39.3 Å². The molecule has 1 atom stereocenters. The van der Waals surface area contributed by atoms with Crippen molar-refractivity contribution in [1.29, 1.82) is 0 Å². The maximum Gasteiger partial charge on any atom is 0.338 e. The molecule has 2 rings (SSSR count). The number of Topliss-reactive ketones (excluding diaryl/α,β-unsaturated/α-hetero) is 1. The van der Waals surface area contributed by atoms with Gasteiger partial charge in [-0.15, -0.1) is 0 Å². The molecule has 0 radical (unpaired) electrons. The predicted octanol–water partition coefficient (Wildman–Crippen LogP) is 3.41. The van der Waals surface area contributed by atoms with Crippen molar-refractivity contribution in [2.75, 3.05) is 14.2 Å². The van der Waals surface area contributed by atoms with E-state index in [-0.39, 0.29) is 11.1 Å². The topological polar surface area (TPSA) is 61.8 Å². The molecule has 0 saturated heterocycles. The highest BCUT2D eigenvalue weighted by Gasteiger charge is 2.22. The third-order valence-electron chi connectivity index (χ3n) is 3.48. The van der Waals surface area contributed by atoms with Crippen molar-refractivity contribution in [3.63, 3.8) is 0 Å². The molecule has 2 aromatic carbocycles. The van der Waals surface area contributed by atoms with E-state index in [1.807, 2.05) is 0 Å². The first kappa shape index (κ1) is 18.4. The number of halogens is 2. The highest BCUT2D eigenvalue weighted by molar-refractivity contribution is 6.01. The Morgan fingerprint density at radius 3 is 2.12 bits per heavy atom.